The van der Waals surface area contributed by atoms with Crippen LogP contribution in [0, 0.1) is 0 Å². The number of carbonyl (C=O) groups is 1. The molecule has 0 saturated heterocycles. The van der Waals surface area contributed by atoms with Crippen LogP contribution in [0.2, 0.25) is 0 Å². The molecule has 1 aromatic rings. The highest BCUT2D eigenvalue weighted by atomic mass is 16.4. The molecule has 0 fully saturated rings. The van der Waals surface area contributed by atoms with Crippen LogP contribution in [0.3, 0.4) is 0 Å². The van der Waals surface area contributed by atoms with Crippen molar-refractivity contribution in [2.24, 2.45) is 0 Å². The number of nitrogens with zero attached hydrogens (tertiary/aromatic N) is 1. The molecule has 0 aliphatic carbocycles. The zero-order valence-corrected chi connectivity index (χ0v) is 12.8. The van der Waals surface area contributed by atoms with Gasteiger partial charge < -0.3 is 5.11 Å². The summed E-state index contributed by atoms with van der Waals surface area (Å²) in [5, 5.41) is 9.31. The average Bonchev–Trinajstić information content (AvgIpc) is 2.46. The molecule has 20 heavy (non-hydrogen) atoms. The van der Waals surface area contributed by atoms with Gasteiger partial charge in [-0.1, -0.05) is 52.4 Å². The minimum absolute atomic E-state index is 0.291. The smallest absolute Gasteiger partial charge is 0.337 e. The fourth-order valence-corrected chi connectivity index (χ4v) is 2.61. The lowest BCUT2D eigenvalue weighted by Crippen LogP contribution is -2.10. The summed E-state index contributed by atoms with van der Waals surface area (Å²) in [5.41, 5.74) is 1.16. The summed E-state index contributed by atoms with van der Waals surface area (Å²) < 4.78 is 0. The molecular formula is C17H27NO2. The molecule has 1 unspecified atom stereocenters. The third kappa shape index (κ3) is 5.32. The van der Waals surface area contributed by atoms with Crippen molar-refractivity contribution in [2.75, 3.05) is 0 Å². The highest BCUT2D eigenvalue weighted by Crippen LogP contribution is 2.29. The number of carboxylic acids is 1. The Kier molecular flexibility index (Phi) is 7.93. The fraction of sp³-hybridized carbons (Fsp3) is 0.647. The standard InChI is InChI=1S/C17H27NO2/c1-3-5-7-8-11-14(10-6-4-2)16-15(17(19)20)12-9-13-18-16/h9,12-14H,3-8,10-11H2,1-2H3,(H,19,20). The van der Waals surface area contributed by atoms with E-state index >= 15 is 0 Å². The zero-order chi connectivity index (χ0) is 14.8. The highest BCUT2D eigenvalue weighted by Gasteiger charge is 2.19. The summed E-state index contributed by atoms with van der Waals surface area (Å²) in [6.07, 6.45) is 11.0. The van der Waals surface area contributed by atoms with Crippen LogP contribution < -0.4 is 0 Å². The molecule has 0 amide bonds. The van der Waals surface area contributed by atoms with Gasteiger partial charge in [-0.15, -0.1) is 0 Å². The number of hydrogen-bond donors (Lipinski definition) is 1. The number of aromatic nitrogens is 1. The van der Waals surface area contributed by atoms with Crippen molar-refractivity contribution in [1.82, 2.24) is 4.98 Å². The maximum atomic E-state index is 11.3. The van der Waals surface area contributed by atoms with Crippen molar-refractivity contribution in [3.05, 3.63) is 29.6 Å². The van der Waals surface area contributed by atoms with Gasteiger partial charge in [0.05, 0.1) is 11.3 Å². The molecule has 0 bridgehead atoms. The number of unbranched alkanes of at least 4 members (excludes halogenated alkanes) is 4. The monoisotopic (exact) mass is 277 g/mol. The van der Waals surface area contributed by atoms with Gasteiger partial charge >= 0.3 is 5.97 Å². The normalized spacial score (nSPS) is 12.3. The minimum Gasteiger partial charge on any atom is -0.478 e. The molecular weight excluding hydrogens is 250 g/mol. The molecule has 0 aliphatic rings. The van der Waals surface area contributed by atoms with Gasteiger partial charge in [0.15, 0.2) is 0 Å². The third-order valence-corrected chi connectivity index (χ3v) is 3.77. The number of aromatic carboxylic acids is 1. The minimum atomic E-state index is -0.858. The predicted octanol–water partition coefficient (Wildman–Crippen LogP) is 5.02. The molecule has 0 aliphatic heterocycles. The molecule has 1 heterocycles. The van der Waals surface area contributed by atoms with E-state index in [1.54, 1.807) is 18.3 Å². The Labute approximate surface area is 122 Å². The van der Waals surface area contributed by atoms with Gasteiger partial charge in [-0.2, -0.15) is 0 Å². The lowest BCUT2D eigenvalue weighted by atomic mass is 9.89. The van der Waals surface area contributed by atoms with Crippen LogP contribution >= 0.6 is 0 Å². The molecule has 112 valence electrons. The summed E-state index contributed by atoms with van der Waals surface area (Å²) in [4.78, 5) is 15.7. The number of rotatable bonds is 10. The Morgan fingerprint density at radius 1 is 1.15 bits per heavy atom. The van der Waals surface area contributed by atoms with Crippen LogP contribution in [0.15, 0.2) is 18.3 Å². The van der Waals surface area contributed by atoms with Crippen LogP contribution in [0.4, 0.5) is 0 Å². The first kappa shape index (κ1) is 16.7. The maximum absolute atomic E-state index is 11.3. The zero-order valence-electron chi connectivity index (χ0n) is 12.8. The average molecular weight is 277 g/mol. The van der Waals surface area contributed by atoms with E-state index < -0.39 is 5.97 Å². The van der Waals surface area contributed by atoms with Crippen molar-refractivity contribution in [3.63, 3.8) is 0 Å². The van der Waals surface area contributed by atoms with Crippen molar-refractivity contribution in [2.45, 2.75) is 71.1 Å². The molecule has 3 heteroatoms. The quantitative estimate of drug-likeness (QED) is 0.611. The lowest BCUT2D eigenvalue weighted by molar-refractivity contribution is 0.0694. The second-order valence-electron chi connectivity index (χ2n) is 5.43. The fourth-order valence-electron chi connectivity index (χ4n) is 2.61. The molecule has 1 aromatic heterocycles. The molecule has 0 spiro atoms. The second kappa shape index (κ2) is 9.51. The van der Waals surface area contributed by atoms with E-state index in [4.69, 9.17) is 0 Å². The third-order valence-electron chi connectivity index (χ3n) is 3.77. The molecule has 1 atom stereocenters. The lowest BCUT2D eigenvalue weighted by Gasteiger charge is -2.18. The summed E-state index contributed by atoms with van der Waals surface area (Å²) in [7, 11) is 0. The number of carboxylic acid groups (broad SMARTS) is 1. The van der Waals surface area contributed by atoms with Gasteiger partial charge in [-0.05, 0) is 25.0 Å². The van der Waals surface area contributed by atoms with E-state index in [0.29, 0.717) is 11.5 Å². The SMILES string of the molecule is CCCCCCC(CCCC)c1ncccc1C(=O)O. The van der Waals surface area contributed by atoms with E-state index in [1.807, 2.05) is 0 Å². The Hall–Kier alpha value is -1.38. The van der Waals surface area contributed by atoms with Crippen molar-refractivity contribution in [1.29, 1.82) is 0 Å². The van der Waals surface area contributed by atoms with Gasteiger partial charge in [-0.3, -0.25) is 4.98 Å². The van der Waals surface area contributed by atoms with Crippen LogP contribution in [0.25, 0.3) is 0 Å². The Bertz CT molecular complexity index is 404. The van der Waals surface area contributed by atoms with Crippen molar-refractivity contribution in [3.8, 4) is 0 Å². The summed E-state index contributed by atoms with van der Waals surface area (Å²) in [6, 6.07) is 3.39. The van der Waals surface area contributed by atoms with Gasteiger partial charge in [0.1, 0.15) is 0 Å². The molecule has 0 radical (unpaired) electrons. The Morgan fingerprint density at radius 3 is 2.50 bits per heavy atom. The number of hydrogen-bond acceptors (Lipinski definition) is 2. The van der Waals surface area contributed by atoms with Gasteiger partial charge in [0.25, 0.3) is 0 Å². The van der Waals surface area contributed by atoms with Crippen LogP contribution in [-0.2, 0) is 0 Å². The van der Waals surface area contributed by atoms with E-state index in [1.165, 1.54) is 19.3 Å². The van der Waals surface area contributed by atoms with Gasteiger partial charge in [-0.25, -0.2) is 4.79 Å². The summed E-state index contributed by atoms with van der Waals surface area (Å²) in [5.74, 6) is -0.567. The largest absolute Gasteiger partial charge is 0.478 e. The molecule has 1 N–H and O–H groups in total. The molecule has 0 saturated carbocycles. The first-order chi connectivity index (χ1) is 9.70. The highest BCUT2D eigenvalue weighted by molar-refractivity contribution is 5.88. The molecule has 0 aromatic carbocycles. The van der Waals surface area contributed by atoms with Crippen LogP contribution in [0.5, 0.6) is 0 Å². The van der Waals surface area contributed by atoms with Gasteiger partial charge in [0.2, 0.25) is 0 Å². The number of pyridine rings is 1. The Balaban J connectivity index is 2.78. The van der Waals surface area contributed by atoms with Crippen molar-refractivity contribution >= 4 is 5.97 Å². The Morgan fingerprint density at radius 2 is 1.85 bits per heavy atom. The van der Waals surface area contributed by atoms with E-state index in [2.05, 4.69) is 18.8 Å². The first-order valence-corrected chi connectivity index (χ1v) is 7.88. The summed E-state index contributed by atoms with van der Waals surface area (Å²) >= 11 is 0. The summed E-state index contributed by atoms with van der Waals surface area (Å²) in [6.45, 7) is 4.38. The van der Waals surface area contributed by atoms with Crippen LogP contribution in [-0.4, -0.2) is 16.1 Å². The maximum Gasteiger partial charge on any atom is 0.337 e. The molecule has 1 rings (SSSR count). The van der Waals surface area contributed by atoms with E-state index in [9.17, 15) is 9.90 Å². The second-order valence-corrected chi connectivity index (χ2v) is 5.43. The topological polar surface area (TPSA) is 50.2 Å². The molecule has 3 nitrogen and oxygen atoms in total. The van der Waals surface area contributed by atoms with Gasteiger partial charge in [0, 0.05) is 12.1 Å². The predicted molar refractivity (Wildman–Crippen MR) is 82.2 cm³/mol. The van der Waals surface area contributed by atoms with Crippen molar-refractivity contribution < 1.29 is 9.90 Å². The van der Waals surface area contributed by atoms with E-state index in [0.717, 1.165) is 37.8 Å². The first-order valence-electron chi connectivity index (χ1n) is 7.88. The van der Waals surface area contributed by atoms with Crippen LogP contribution in [0.1, 0.15) is 87.2 Å². The van der Waals surface area contributed by atoms with E-state index in [-0.39, 0.29) is 0 Å².